The number of aromatic nitrogens is 1. The van der Waals surface area contributed by atoms with E-state index in [2.05, 4.69) is 15.5 Å². The third-order valence-electron chi connectivity index (χ3n) is 2.93. The van der Waals surface area contributed by atoms with Gasteiger partial charge in [0.15, 0.2) is 0 Å². The zero-order chi connectivity index (χ0) is 16.2. The van der Waals surface area contributed by atoms with Gasteiger partial charge in [-0.25, -0.2) is 4.98 Å². The highest BCUT2D eigenvalue weighted by atomic mass is 35.5. The predicted molar refractivity (Wildman–Crippen MR) is 100 cm³/mol. The molecule has 1 heterocycles. The van der Waals surface area contributed by atoms with Crippen molar-refractivity contribution >= 4 is 57.5 Å². The molecule has 0 spiro atoms. The molecule has 0 radical (unpaired) electrons. The summed E-state index contributed by atoms with van der Waals surface area (Å²) >= 11 is 19.5. The standard InChI is InChI=1S/C16H10Cl3N3S/c17-11-3-1-2-10(6-11)8-20-22-16-21-15(9-23-16)13-5-4-12(18)7-14(13)19/h1-9H,(H,21,22). The molecule has 1 aromatic heterocycles. The molecule has 2 aromatic carbocycles. The van der Waals surface area contributed by atoms with Gasteiger partial charge in [-0.05, 0) is 35.9 Å². The number of hydrazone groups is 1. The molecule has 0 saturated carbocycles. The number of benzene rings is 2. The number of rotatable bonds is 4. The van der Waals surface area contributed by atoms with Crippen molar-refractivity contribution in [3.05, 3.63) is 68.5 Å². The summed E-state index contributed by atoms with van der Waals surface area (Å²) in [5.74, 6) is 0. The summed E-state index contributed by atoms with van der Waals surface area (Å²) in [7, 11) is 0. The van der Waals surface area contributed by atoms with Crippen LogP contribution < -0.4 is 5.43 Å². The average Bonchev–Trinajstić information content (AvgIpc) is 2.96. The van der Waals surface area contributed by atoms with E-state index < -0.39 is 0 Å². The number of thiazole rings is 1. The van der Waals surface area contributed by atoms with E-state index in [9.17, 15) is 0 Å². The summed E-state index contributed by atoms with van der Waals surface area (Å²) in [6.45, 7) is 0. The van der Waals surface area contributed by atoms with Gasteiger partial charge in [-0.15, -0.1) is 11.3 Å². The molecular formula is C16H10Cl3N3S. The summed E-state index contributed by atoms with van der Waals surface area (Å²) in [6.07, 6.45) is 1.68. The topological polar surface area (TPSA) is 37.3 Å². The van der Waals surface area contributed by atoms with Crippen LogP contribution in [0.15, 0.2) is 52.9 Å². The van der Waals surface area contributed by atoms with Gasteiger partial charge in [-0.1, -0.05) is 46.9 Å². The third kappa shape index (κ3) is 4.24. The monoisotopic (exact) mass is 381 g/mol. The molecule has 0 amide bonds. The first-order valence-corrected chi connectivity index (χ1v) is 8.59. The zero-order valence-corrected chi connectivity index (χ0v) is 14.7. The molecule has 3 aromatic rings. The molecule has 0 aliphatic heterocycles. The van der Waals surface area contributed by atoms with Gasteiger partial charge in [0, 0.05) is 21.0 Å². The van der Waals surface area contributed by atoms with Crippen molar-refractivity contribution in [1.82, 2.24) is 4.98 Å². The summed E-state index contributed by atoms with van der Waals surface area (Å²) < 4.78 is 0. The van der Waals surface area contributed by atoms with Crippen molar-refractivity contribution in [3.63, 3.8) is 0 Å². The van der Waals surface area contributed by atoms with Gasteiger partial charge in [0.25, 0.3) is 0 Å². The van der Waals surface area contributed by atoms with Crippen LogP contribution in [0.3, 0.4) is 0 Å². The van der Waals surface area contributed by atoms with Gasteiger partial charge in [0.2, 0.25) is 5.13 Å². The smallest absolute Gasteiger partial charge is 0.203 e. The average molecular weight is 383 g/mol. The van der Waals surface area contributed by atoms with Crippen LogP contribution in [-0.4, -0.2) is 11.2 Å². The fourth-order valence-electron chi connectivity index (χ4n) is 1.89. The third-order valence-corrected chi connectivity index (χ3v) is 4.46. The molecule has 3 nitrogen and oxygen atoms in total. The minimum absolute atomic E-state index is 0.566. The molecule has 0 unspecified atom stereocenters. The number of hydrogen-bond acceptors (Lipinski definition) is 4. The van der Waals surface area contributed by atoms with Gasteiger partial charge >= 0.3 is 0 Å². The number of nitrogens with one attached hydrogen (secondary N) is 1. The lowest BCUT2D eigenvalue weighted by Crippen LogP contribution is -1.90. The molecule has 1 N–H and O–H groups in total. The second-order valence-corrected chi connectivity index (χ2v) is 6.73. The SMILES string of the molecule is Clc1cccc(C=NNc2nc(-c3ccc(Cl)cc3Cl)cs2)c1. The Bertz CT molecular complexity index is 861. The fraction of sp³-hybridized carbons (Fsp3) is 0. The number of halogens is 3. The maximum atomic E-state index is 6.19. The molecule has 7 heteroatoms. The second kappa shape index (κ2) is 7.32. The normalized spacial score (nSPS) is 11.1. The van der Waals surface area contributed by atoms with E-state index in [1.54, 1.807) is 18.3 Å². The van der Waals surface area contributed by atoms with E-state index in [1.807, 2.05) is 35.7 Å². The molecule has 0 bridgehead atoms. The second-order valence-electron chi connectivity index (χ2n) is 4.59. The maximum Gasteiger partial charge on any atom is 0.203 e. The van der Waals surface area contributed by atoms with Gasteiger partial charge in [0.05, 0.1) is 16.9 Å². The largest absolute Gasteiger partial charge is 0.253 e. The Kier molecular flexibility index (Phi) is 5.18. The number of nitrogens with zero attached hydrogens (tertiary/aromatic N) is 2. The van der Waals surface area contributed by atoms with Crippen LogP contribution in [-0.2, 0) is 0 Å². The van der Waals surface area contributed by atoms with Crippen LogP contribution in [0.1, 0.15) is 5.56 Å². The van der Waals surface area contributed by atoms with Crippen molar-refractivity contribution in [2.75, 3.05) is 5.43 Å². The quantitative estimate of drug-likeness (QED) is 0.430. The first kappa shape index (κ1) is 16.3. The van der Waals surface area contributed by atoms with Crippen molar-refractivity contribution < 1.29 is 0 Å². The maximum absolute atomic E-state index is 6.19. The predicted octanol–water partition coefficient (Wildman–Crippen LogP) is 6.22. The molecule has 0 atom stereocenters. The van der Waals surface area contributed by atoms with E-state index in [-0.39, 0.29) is 0 Å². The Balaban J connectivity index is 1.72. The highest BCUT2D eigenvalue weighted by Gasteiger charge is 2.08. The Hall–Kier alpha value is -1.59. The molecule has 0 aliphatic rings. The Morgan fingerprint density at radius 1 is 1.04 bits per heavy atom. The van der Waals surface area contributed by atoms with E-state index >= 15 is 0 Å². The van der Waals surface area contributed by atoms with E-state index in [1.165, 1.54) is 11.3 Å². The number of hydrogen-bond donors (Lipinski definition) is 1. The summed E-state index contributed by atoms with van der Waals surface area (Å²) in [4.78, 5) is 4.46. The van der Waals surface area contributed by atoms with Gasteiger partial charge < -0.3 is 0 Å². The molecular weight excluding hydrogens is 373 g/mol. The summed E-state index contributed by atoms with van der Waals surface area (Å²) in [6, 6.07) is 12.8. The summed E-state index contributed by atoms with van der Waals surface area (Å²) in [5.41, 5.74) is 5.41. The van der Waals surface area contributed by atoms with Crippen LogP contribution in [0, 0.1) is 0 Å². The molecule has 3 rings (SSSR count). The lowest BCUT2D eigenvalue weighted by atomic mass is 10.2. The van der Waals surface area contributed by atoms with Crippen molar-refractivity contribution in [2.24, 2.45) is 5.10 Å². The molecule has 0 fully saturated rings. The van der Waals surface area contributed by atoms with Crippen molar-refractivity contribution in [1.29, 1.82) is 0 Å². The van der Waals surface area contributed by atoms with Gasteiger partial charge in [0.1, 0.15) is 0 Å². The van der Waals surface area contributed by atoms with E-state index in [0.29, 0.717) is 20.2 Å². The lowest BCUT2D eigenvalue weighted by molar-refractivity contribution is 1.29. The minimum atomic E-state index is 0.566. The minimum Gasteiger partial charge on any atom is -0.253 e. The highest BCUT2D eigenvalue weighted by Crippen LogP contribution is 2.32. The van der Waals surface area contributed by atoms with Gasteiger partial charge in [-0.3, -0.25) is 5.43 Å². The highest BCUT2D eigenvalue weighted by molar-refractivity contribution is 7.14. The Morgan fingerprint density at radius 2 is 1.87 bits per heavy atom. The molecule has 0 aliphatic carbocycles. The van der Waals surface area contributed by atoms with Crippen molar-refractivity contribution in [3.8, 4) is 11.3 Å². The zero-order valence-electron chi connectivity index (χ0n) is 11.6. The lowest BCUT2D eigenvalue weighted by Gasteiger charge is -2.00. The van der Waals surface area contributed by atoms with Crippen LogP contribution in [0.25, 0.3) is 11.3 Å². The summed E-state index contributed by atoms with van der Waals surface area (Å²) in [5, 5.41) is 8.57. The van der Waals surface area contributed by atoms with Crippen LogP contribution >= 0.6 is 46.1 Å². The van der Waals surface area contributed by atoms with Crippen LogP contribution in [0.4, 0.5) is 5.13 Å². The fourth-order valence-corrected chi connectivity index (χ4v) is 3.26. The first-order valence-electron chi connectivity index (χ1n) is 6.57. The first-order chi connectivity index (χ1) is 11.1. The number of anilines is 1. The van der Waals surface area contributed by atoms with E-state index in [4.69, 9.17) is 34.8 Å². The molecule has 0 saturated heterocycles. The Morgan fingerprint density at radius 3 is 2.65 bits per heavy atom. The molecule has 23 heavy (non-hydrogen) atoms. The van der Waals surface area contributed by atoms with Gasteiger partial charge in [-0.2, -0.15) is 5.10 Å². The molecule has 116 valence electrons. The van der Waals surface area contributed by atoms with Crippen molar-refractivity contribution in [2.45, 2.75) is 0 Å². The Labute approximate surface area is 152 Å². The van der Waals surface area contributed by atoms with E-state index in [0.717, 1.165) is 16.8 Å². The van der Waals surface area contributed by atoms with Crippen LogP contribution in [0.5, 0.6) is 0 Å². The van der Waals surface area contributed by atoms with Crippen LogP contribution in [0.2, 0.25) is 15.1 Å².